The van der Waals surface area contributed by atoms with Crippen LogP contribution in [0.15, 0.2) is 53.9 Å². The Hall–Kier alpha value is -3.87. The molecule has 7 heteroatoms. The van der Waals surface area contributed by atoms with Crippen molar-refractivity contribution in [2.45, 2.75) is 41.5 Å². The Morgan fingerprint density at radius 3 is 2.11 bits per heavy atom. The summed E-state index contributed by atoms with van der Waals surface area (Å²) in [7, 11) is 3.22. The molecule has 0 bridgehead atoms. The number of hydrogen-bond donors (Lipinski definition) is 1. The van der Waals surface area contributed by atoms with Gasteiger partial charge in [0.25, 0.3) is 0 Å². The lowest BCUT2D eigenvalue weighted by Gasteiger charge is -2.22. The van der Waals surface area contributed by atoms with Gasteiger partial charge in [-0.3, -0.25) is 4.98 Å². The largest absolute Gasteiger partial charge is 0.496 e. The fraction of sp³-hybridized carbons (Fsp3) is 0.333. The maximum absolute atomic E-state index is 15.0. The summed E-state index contributed by atoms with van der Waals surface area (Å²) < 4.78 is 32.3. The van der Waals surface area contributed by atoms with E-state index in [0.717, 1.165) is 27.8 Å². The molecule has 196 valence electrons. The highest BCUT2D eigenvalue weighted by Gasteiger charge is 2.24. The lowest BCUT2D eigenvalue weighted by molar-refractivity contribution is 0.341. The quantitative estimate of drug-likeness (QED) is 0.292. The van der Waals surface area contributed by atoms with E-state index >= 15 is 0 Å². The standard InChI is InChI=1S/C30H36FN3O3/c1-18(2)11-13-32-26-17-33-24(16-34-26)28-21(6)29(35-7)27(20(5)30(28)36-8)22-9-10-25(23(31)15-22)37-14-12-19(3)4/h9-12,15-17H,13-14H2,1-8H3,(H,32,34). The van der Waals surface area contributed by atoms with Crippen LogP contribution in [-0.4, -0.2) is 37.3 Å². The molecule has 0 saturated carbocycles. The van der Waals surface area contributed by atoms with Crippen molar-refractivity contribution in [1.29, 1.82) is 0 Å². The fourth-order valence-electron chi connectivity index (χ4n) is 4.09. The first-order chi connectivity index (χ1) is 17.7. The second kappa shape index (κ2) is 12.4. The molecule has 0 aliphatic heterocycles. The smallest absolute Gasteiger partial charge is 0.165 e. The maximum Gasteiger partial charge on any atom is 0.165 e. The van der Waals surface area contributed by atoms with Crippen LogP contribution in [0.1, 0.15) is 38.8 Å². The Morgan fingerprint density at radius 2 is 1.54 bits per heavy atom. The predicted molar refractivity (Wildman–Crippen MR) is 148 cm³/mol. The van der Waals surface area contributed by atoms with Crippen LogP contribution >= 0.6 is 0 Å². The minimum Gasteiger partial charge on any atom is -0.496 e. The molecular weight excluding hydrogens is 469 g/mol. The lowest BCUT2D eigenvalue weighted by atomic mass is 9.90. The first-order valence-corrected chi connectivity index (χ1v) is 12.2. The molecule has 1 aromatic heterocycles. The van der Waals surface area contributed by atoms with Crippen LogP contribution in [0.3, 0.4) is 0 Å². The van der Waals surface area contributed by atoms with Crippen molar-refractivity contribution in [3.05, 3.63) is 70.8 Å². The van der Waals surface area contributed by atoms with E-state index < -0.39 is 5.82 Å². The topological polar surface area (TPSA) is 65.5 Å². The zero-order valence-corrected chi connectivity index (χ0v) is 23.0. The normalized spacial score (nSPS) is 10.5. The van der Waals surface area contributed by atoms with E-state index in [-0.39, 0.29) is 5.75 Å². The van der Waals surface area contributed by atoms with Gasteiger partial charge in [-0.1, -0.05) is 23.3 Å². The molecule has 37 heavy (non-hydrogen) atoms. The Balaban J connectivity index is 2.04. The van der Waals surface area contributed by atoms with E-state index in [9.17, 15) is 4.39 Å². The highest BCUT2D eigenvalue weighted by Crippen LogP contribution is 2.47. The summed E-state index contributed by atoms with van der Waals surface area (Å²) in [6.07, 6.45) is 7.40. The first kappa shape index (κ1) is 27.7. The molecule has 1 heterocycles. The first-order valence-electron chi connectivity index (χ1n) is 12.2. The Labute approximate surface area is 219 Å². The number of aromatic nitrogens is 2. The van der Waals surface area contributed by atoms with Gasteiger partial charge in [-0.25, -0.2) is 9.37 Å². The van der Waals surface area contributed by atoms with Gasteiger partial charge in [0.1, 0.15) is 23.9 Å². The SMILES string of the molecule is COc1c(C)c(-c2cnc(NCC=C(C)C)cn2)c(OC)c(C)c1-c1ccc(OCC=C(C)C)c(F)c1. The van der Waals surface area contributed by atoms with Gasteiger partial charge in [0.15, 0.2) is 11.6 Å². The zero-order valence-electron chi connectivity index (χ0n) is 23.0. The minimum atomic E-state index is -0.441. The molecule has 0 unspecified atom stereocenters. The van der Waals surface area contributed by atoms with E-state index in [1.807, 2.05) is 53.7 Å². The maximum atomic E-state index is 15.0. The van der Waals surface area contributed by atoms with Crippen LogP contribution in [0.25, 0.3) is 22.4 Å². The van der Waals surface area contributed by atoms with Gasteiger partial charge in [0.05, 0.1) is 37.9 Å². The van der Waals surface area contributed by atoms with E-state index in [1.165, 1.54) is 11.6 Å². The van der Waals surface area contributed by atoms with E-state index in [1.54, 1.807) is 32.7 Å². The van der Waals surface area contributed by atoms with Crippen LogP contribution in [0, 0.1) is 19.7 Å². The zero-order chi connectivity index (χ0) is 27.1. The van der Waals surface area contributed by atoms with Gasteiger partial charge in [0, 0.05) is 23.2 Å². The molecule has 0 fully saturated rings. The minimum absolute atomic E-state index is 0.201. The van der Waals surface area contributed by atoms with E-state index in [2.05, 4.69) is 21.4 Å². The molecular formula is C30H36FN3O3. The van der Waals surface area contributed by atoms with E-state index in [0.29, 0.717) is 41.7 Å². The summed E-state index contributed by atoms with van der Waals surface area (Å²) >= 11 is 0. The summed E-state index contributed by atoms with van der Waals surface area (Å²) in [5.41, 5.74) is 6.83. The van der Waals surface area contributed by atoms with Gasteiger partial charge >= 0.3 is 0 Å². The molecule has 0 radical (unpaired) electrons. The molecule has 3 aromatic rings. The molecule has 0 spiro atoms. The van der Waals surface area contributed by atoms with Gasteiger partial charge in [-0.15, -0.1) is 0 Å². The van der Waals surface area contributed by atoms with Crippen molar-refractivity contribution in [3.8, 4) is 39.6 Å². The van der Waals surface area contributed by atoms with Crippen LogP contribution < -0.4 is 19.5 Å². The van der Waals surface area contributed by atoms with Crippen molar-refractivity contribution >= 4 is 5.82 Å². The van der Waals surface area contributed by atoms with Crippen molar-refractivity contribution < 1.29 is 18.6 Å². The summed E-state index contributed by atoms with van der Waals surface area (Å²) in [5.74, 6) is 1.70. The Bertz CT molecular complexity index is 1310. The third kappa shape index (κ3) is 6.47. The summed E-state index contributed by atoms with van der Waals surface area (Å²) in [6.45, 7) is 12.9. The number of anilines is 1. The van der Waals surface area contributed by atoms with Gasteiger partial charge in [0.2, 0.25) is 0 Å². The van der Waals surface area contributed by atoms with Crippen LogP contribution in [0.5, 0.6) is 17.2 Å². The molecule has 0 amide bonds. The molecule has 3 rings (SSSR count). The lowest BCUT2D eigenvalue weighted by Crippen LogP contribution is -2.05. The van der Waals surface area contributed by atoms with Crippen molar-refractivity contribution in [3.63, 3.8) is 0 Å². The fourth-order valence-corrected chi connectivity index (χ4v) is 4.09. The number of nitrogens with zero attached hydrogens (tertiary/aromatic N) is 2. The van der Waals surface area contributed by atoms with E-state index in [4.69, 9.17) is 14.2 Å². The molecule has 6 nitrogen and oxygen atoms in total. The van der Waals surface area contributed by atoms with Crippen LogP contribution in [0.2, 0.25) is 0 Å². The number of nitrogens with one attached hydrogen (secondary N) is 1. The monoisotopic (exact) mass is 505 g/mol. The van der Waals surface area contributed by atoms with Crippen molar-refractivity contribution in [2.24, 2.45) is 0 Å². The van der Waals surface area contributed by atoms with Gasteiger partial charge in [-0.2, -0.15) is 0 Å². The molecule has 0 atom stereocenters. The highest BCUT2D eigenvalue weighted by molar-refractivity contribution is 5.87. The van der Waals surface area contributed by atoms with Crippen LogP contribution in [0.4, 0.5) is 10.2 Å². The number of methoxy groups -OCH3 is 2. The number of ether oxygens (including phenoxy) is 3. The van der Waals surface area contributed by atoms with Gasteiger partial charge < -0.3 is 19.5 Å². The third-order valence-electron chi connectivity index (χ3n) is 5.95. The second-order valence-electron chi connectivity index (χ2n) is 9.25. The number of halogens is 1. The number of rotatable bonds is 10. The molecule has 0 saturated heterocycles. The average Bonchev–Trinajstić information content (AvgIpc) is 2.85. The second-order valence-corrected chi connectivity index (χ2v) is 9.25. The Kier molecular flexibility index (Phi) is 9.28. The summed E-state index contributed by atoms with van der Waals surface area (Å²) in [4.78, 5) is 9.16. The van der Waals surface area contributed by atoms with Gasteiger partial charge in [-0.05, 0) is 65.3 Å². The van der Waals surface area contributed by atoms with Crippen LogP contribution in [-0.2, 0) is 0 Å². The number of hydrogen-bond acceptors (Lipinski definition) is 6. The van der Waals surface area contributed by atoms with Crippen molar-refractivity contribution in [1.82, 2.24) is 9.97 Å². The molecule has 1 N–H and O–H groups in total. The Morgan fingerprint density at radius 1 is 0.892 bits per heavy atom. The highest BCUT2D eigenvalue weighted by atomic mass is 19.1. The molecule has 0 aliphatic rings. The average molecular weight is 506 g/mol. The predicted octanol–water partition coefficient (Wildman–Crippen LogP) is 7.31. The summed E-state index contributed by atoms with van der Waals surface area (Å²) in [5, 5.41) is 3.24. The molecule has 0 aliphatic carbocycles. The summed E-state index contributed by atoms with van der Waals surface area (Å²) in [6, 6.07) is 4.94. The van der Waals surface area contributed by atoms with Crippen molar-refractivity contribution in [2.75, 3.05) is 32.7 Å². The third-order valence-corrected chi connectivity index (χ3v) is 5.95. The number of benzene rings is 2. The molecule has 2 aromatic carbocycles. The number of allylic oxidation sites excluding steroid dienone is 2.